The van der Waals surface area contributed by atoms with Crippen molar-refractivity contribution in [1.82, 2.24) is 9.97 Å². The Balaban J connectivity index is 1.81. The van der Waals surface area contributed by atoms with Gasteiger partial charge in [-0.1, -0.05) is 53.7 Å². The van der Waals surface area contributed by atoms with Crippen molar-refractivity contribution in [3.8, 4) is 5.75 Å². The van der Waals surface area contributed by atoms with Gasteiger partial charge in [-0.05, 0) is 17.7 Å². The summed E-state index contributed by atoms with van der Waals surface area (Å²) >= 11 is 6.93. The molecule has 0 bridgehead atoms. The Morgan fingerprint density at radius 3 is 2.62 bits per heavy atom. The van der Waals surface area contributed by atoms with E-state index < -0.39 is 4.92 Å². The Labute approximate surface area is 158 Å². The van der Waals surface area contributed by atoms with Gasteiger partial charge in [0, 0.05) is 6.07 Å². The van der Waals surface area contributed by atoms with Crippen LogP contribution >= 0.6 is 23.4 Å². The van der Waals surface area contributed by atoms with Crippen molar-refractivity contribution in [2.45, 2.75) is 16.5 Å². The molecular weight excluding hydrogens is 376 g/mol. The van der Waals surface area contributed by atoms with Crippen LogP contribution in [-0.4, -0.2) is 14.9 Å². The van der Waals surface area contributed by atoms with E-state index in [0.717, 1.165) is 17.3 Å². The number of nitro benzene ring substituents is 1. The summed E-state index contributed by atoms with van der Waals surface area (Å²) in [6, 6.07) is 15.7. The average molecular weight is 389 g/mol. The molecule has 0 aliphatic carbocycles. The van der Waals surface area contributed by atoms with Crippen LogP contribution in [0.15, 0.2) is 64.5 Å². The third-order valence-corrected chi connectivity index (χ3v) is 4.46. The summed E-state index contributed by atoms with van der Waals surface area (Å²) in [5.41, 5.74) is 6.44. The van der Waals surface area contributed by atoms with Gasteiger partial charge < -0.3 is 10.5 Å². The number of aromatic nitrogens is 2. The van der Waals surface area contributed by atoms with Crippen LogP contribution in [0.5, 0.6) is 5.75 Å². The summed E-state index contributed by atoms with van der Waals surface area (Å²) < 4.78 is 5.65. The molecule has 0 fully saturated rings. The van der Waals surface area contributed by atoms with E-state index in [0.29, 0.717) is 22.3 Å². The molecule has 0 saturated carbocycles. The molecule has 0 spiro atoms. The molecule has 1 heterocycles. The third-order valence-electron chi connectivity index (χ3n) is 3.28. The van der Waals surface area contributed by atoms with Gasteiger partial charge in [-0.15, -0.1) is 0 Å². The topological polar surface area (TPSA) is 104 Å². The first-order valence-corrected chi connectivity index (χ1v) is 8.64. The highest BCUT2D eigenvalue weighted by Gasteiger charge is 2.17. The van der Waals surface area contributed by atoms with Crippen molar-refractivity contribution in [3.05, 3.63) is 75.4 Å². The molecule has 26 heavy (non-hydrogen) atoms. The fourth-order valence-corrected chi connectivity index (χ4v) is 3.30. The van der Waals surface area contributed by atoms with Crippen LogP contribution in [0.4, 0.5) is 11.6 Å². The number of nitro groups is 1. The van der Waals surface area contributed by atoms with Gasteiger partial charge in [-0.3, -0.25) is 10.1 Å². The first-order chi connectivity index (χ1) is 12.5. The lowest BCUT2D eigenvalue weighted by molar-refractivity contribution is -0.387. The summed E-state index contributed by atoms with van der Waals surface area (Å²) in [6.07, 6.45) is 0. The average Bonchev–Trinajstić information content (AvgIpc) is 2.60. The monoisotopic (exact) mass is 388 g/mol. The lowest BCUT2D eigenvalue weighted by Gasteiger charge is -2.08. The molecule has 3 aromatic rings. The molecule has 9 heteroatoms. The van der Waals surface area contributed by atoms with Gasteiger partial charge >= 0.3 is 0 Å². The van der Waals surface area contributed by atoms with Crippen LogP contribution in [0.25, 0.3) is 0 Å². The molecule has 1 aromatic heterocycles. The summed E-state index contributed by atoms with van der Waals surface area (Å²) in [5, 5.41) is 12.0. The zero-order valence-electron chi connectivity index (χ0n) is 13.3. The second-order valence-corrected chi connectivity index (χ2v) is 6.60. The van der Waals surface area contributed by atoms with Crippen molar-refractivity contribution in [1.29, 1.82) is 0 Å². The van der Waals surface area contributed by atoms with Crippen LogP contribution in [0.2, 0.25) is 5.15 Å². The first-order valence-electron chi connectivity index (χ1n) is 7.44. The largest absolute Gasteiger partial charge is 0.489 e. The standard InChI is InChI=1S/C17H13ClN4O3S/c18-15-9-16(21-17(19)20-15)26-14-7-6-12(8-13(14)22(23)24)25-10-11-4-2-1-3-5-11/h1-9H,10H2,(H2,19,20,21). The second-order valence-electron chi connectivity index (χ2n) is 5.15. The lowest BCUT2D eigenvalue weighted by atomic mass is 10.2. The van der Waals surface area contributed by atoms with E-state index in [1.807, 2.05) is 30.3 Å². The highest BCUT2D eigenvalue weighted by Crippen LogP contribution is 2.37. The smallest absolute Gasteiger partial charge is 0.286 e. The van der Waals surface area contributed by atoms with Crippen LogP contribution < -0.4 is 10.5 Å². The normalized spacial score (nSPS) is 10.5. The Bertz CT molecular complexity index is 920. The predicted molar refractivity (Wildman–Crippen MR) is 99.4 cm³/mol. The Kier molecular flexibility index (Phi) is 5.55. The van der Waals surface area contributed by atoms with Crippen LogP contribution in [0.1, 0.15) is 5.56 Å². The lowest BCUT2D eigenvalue weighted by Crippen LogP contribution is -1.98. The second kappa shape index (κ2) is 8.03. The number of hydrogen-bond acceptors (Lipinski definition) is 7. The molecule has 132 valence electrons. The van der Waals surface area contributed by atoms with E-state index in [1.54, 1.807) is 12.1 Å². The summed E-state index contributed by atoms with van der Waals surface area (Å²) in [6.45, 7) is 0.322. The maximum absolute atomic E-state index is 11.4. The summed E-state index contributed by atoms with van der Waals surface area (Å²) in [5.74, 6) is 0.413. The maximum atomic E-state index is 11.4. The zero-order valence-corrected chi connectivity index (χ0v) is 14.9. The molecule has 2 aromatic carbocycles. The molecule has 7 nitrogen and oxygen atoms in total. The number of nitrogens with zero attached hydrogens (tertiary/aromatic N) is 3. The van der Waals surface area contributed by atoms with E-state index in [1.165, 1.54) is 12.1 Å². The predicted octanol–water partition coefficient (Wildman–Crippen LogP) is 4.35. The number of rotatable bonds is 6. The molecule has 2 N–H and O–H groups in total. The highest BCUT2D eigenvalue weighted by molar-refractivity contribution is 7.99. The van der Waals surface area contributed by atoms with Gasteiger partial charge in [-0.25, -0.2) is 9.97 Å². The maximum Gasteiger partial charge on any atom is 0.286 e. The number of ether oxygens (including phenoxy) is 1. The Hall–Kier alpha value is -2.84. The minimum atomic E-state index is -0.468. The molecule has 0 atom stereocenters. The van der Waals surface area contributed by atoms with E-state index in [4.69, 9.17) is 22.1 Å². The van der Waals surface area contributed by atoms with Crippen LogP contribution in [0.3, 0.4) is 0 Å². The molecule has 0 amide bonds. The Morgan fingerprint density at radius 1 is 1.15 bits per heavy atom. The van der Waals surface area contributed by atoms with Crippen molar-refractivity contribution < 1.29 is 9.66 Å². The molecule has 0 aliphatic rings. The number of hydrogen-bond donors (Lipinski definition) is 1. The minimum Gasteiger partial charge on any atom is -0.489 e. The highest BCUT2D eigenvalue weighted by atomic mass is 35.5. The van der Waals surface area contributed by atoms with Crippen molar-refractivity contribution >= 4 is 35.0 Å². The van der Waals surface area contributed by atoms with Crippen molar-refractivity contribution in [2.24, 2.45) is 0 Å². The SMILES string of the molecule is Nc1nc(Cl)cc(Sc2ccc(OCc3ccccc3)cc2[N+](=O)[O-])n1. The number of benzene rings is 2. The van der Waals surface area contributed by atoms with Gasteiger partial charge in [0.25, 0.3) is 5.69 Å². The summed E-state index contributed by atoms with van der Waals surface area (Å²) in [4.78, 5) is 19.1. The molecular formula is C17H13ClN4O3S. The van der Waals surface area contributed by atoms with Gasteiger partial charge in [0.2, 0.25) is 5.95 Å². The zero-order chi connectivity index (χ0) is 18.5. The molecule has 3 rings (SSSR count). The van der Waals surface area contributed by atoms with Gasteiger partial charge in [0.15, 0.2) is 0 Å². The quantitative estimate of drug-likeness (QED) is 0.380. The van der Waals surface area contributed by atoms with E-state index >= 15 is 0 Å². The minimum absolute atomic E-state index is 0.00506. The van der Waals surface area contributed by atoms with Crippen molar-refractivity contribution in [3.63, 3.8) is 0 Å². The van der Waals surface area contributed by atoms with Gasteiger partial charge in [0.1, 0.15) is 22.5 Å². The Morgan fingerprint density at radius 2 is 1.92 bits per heavy atom. The van der Waals surface area contributed by atoms with Crippen LogP contribution in [-0.2, 0) is 6.61 Å². The summed E-state index contributed by atoms with van der Waals surface area (Å²) in [7, 11) is 0. The van der Waals surface area contributed by atoms with E-state index in [-0.39, 0.29) is 16.8 Å². The van der Waals surface area contributed by atoms with Crippen molar-refractivity contribution in [2.75, 3.05) is 5.73 Å². The molecule has 0 saturated heterocycles. The number of halogens is 1. The molecule has 0 aliphatic heterocycles. The molecule has 0 radical (unpaired) electrons. The van der Waals surface area contributed by atoms with Crippen LogP contribution in [0, 0.1) is 10.1 Å². The van der Waals surface area contributed by atoms with E-state index in [2.05, 4.69) is 9.97 Å². The fourth-order valence-electron chi connectivity index (χ4n) is 2.14. The number of nitrogen functional groups attached to an aromatic ring is 1. The van der Waals surface area contributed by atoms with E-state index in [9.17, 15) is 10.1 Å². The third kappa shape index (κ3) is 4.62. The molecule has 0 unspecified atom stereocenters. The number of anilines is 1. The van der Waals surface area contributed by atoms with Gasteiger partial charge in [0.05, 0.1) is 15.9 Å². The van der Waals surface area contributed by atoms with Gasteiger partial charge in [-0.2, -0.15) is 0 Å². The number of nitrogens with two attached hydrogens (primary N) is 1. The fraction of sp³-hybridized carbons (Fsp3) is 0.0588. The first kappa shape index (κ1) is 18.0.